The summed E-state index contributed by atoms with van der Waals surface area (Å²) in [5.41, 5.74) is 0.815. The lowest BCUT2D eigenvalue weighted by Gasteiger charge is -2.26. The Morgan fingerprint density at radius 1 is 1.21 bits per heavy atom. The van der Waals surface area contributed by atoms with Gasteiger partial charge in [0.05, 0.1) is 5.02 Å². The van der Waals surface area contributed by atoms with Crippen molar-refractivity contribution in [3.8, 4) is 11.5 Å². The van der Waals surface area contributed by atoms with E-state index in [4.69, 9.17) is 21.1 Å². The van der Waals surface area contributed by atoms with Gasteiger partial charge in [-0.1, -0.05) is 18.0 Å². The summed E-state index contributed by atoms with van der Waals surface area (Å²) in [7, 11) is 0. The molecule has 6 heteroatoms. The molecule has 130 valence electrons. The first-order valence-corrected chi connectivity index (χ1v) is 8.87. The van der Waals surface area contributed by atoms with Gasteiger partial charge in [0.25, 0.3) is 0 Å². The topological polar surface area (TPSA) is 50.8 Å². The molecule has 0 aliphatic carbocycles. The molecule has 0 radical (unpaired) electrons. The summed E-state index contributed by atoms with van der Waals surface area (Å²) in [5, 5.41) is 3.42. The van der Waals surface area contributed by atoms with Gasteiger partial charge in [0.2, 0.25) is 5.91 Å². The van der Waals surface area contributed by atoms with Gasteiger partial charge in [-0.25, -0.2) is 0 Å². The summed E-state index contributed by atoms with van der Waals surface area (Å²) < 4.78 is 11.0. The molecular formula is C18H23ClN2O3. The minimum Gasteiger partial charge on any atom is -0.486 e. The number of piperidine rings is 1. The molecule has 0 aromatic heterocycles. The third-order valence-electron chi connectivity index (χ3n) is 4.22. The summed E-state index contributed by atoms with van der Waals surface area (Å²) in [4.78, 5) is 14.3. The Morgan fingerprint density at radius 2 is 2.00 bits per heavy atom. The number of halogens is 1. The van der Waals surface area contributed by atoms with E-state index in [1.807, 2.05) is 6.07 Å². The molecule has 0 unspecified atom stereocenters. The van der Waals surface area contributed by atoms with Crippen molar-refractivity contribution in [3.63, 3.8) is 0 Å². The number of nitrogens with zero attached hydrogens (tertiary/aromatic N) is 1. The Bertz CT molecular complexity index is 613. The van der Waals surface area contributed by atoms with Crippen molar-refractivity contribution in [1.82, 2.24) is 10.2 Å². The summed E-state index contributed by atoms with van der Waals surface area (Å²) in [6, 6.07) is 3.60. The molecule has 0 atom stereocenters. The number of hydrogen-bond acceptors (Lipinski definition) is 4. The van der Waals surface area contributed by atoms with E-state index in [9.17, 15) is 4.79 Å². The summed E-state index contributed by atoms with van der Waals surface area (Å²) in [6.07, 6.45) is 7.11. The second kappa shape index (κ2) is 8.40. The zero-order valence-corrected chi connectivity index (χ0v) is 14.5. The smallest absolute Gasteiger partial charge is 0.244 e. The summed E-state index contributed by atoms with van der Waals surface area (Å²) in [6.45, 7) is 4.87. The number of rotatable bonds is 5. The number of fused-ring (bicyclic) bond motifs is 1. The predicted molar refractivity (Wildman–Crippen MR) is 94.8 cm³/mol. The van der Waals surface area contributed by atoms with Crippen LogP contribution in [0.2, 0.25) is 5.02 Å². The number of carbonyl (C=O) groups is 1. The van der Waals surface area contributed by atoms with E-state index < -0.39 is 0 Å². The lowest BCUT2D eigenvalue weighted by molar-refractivity contribution is -0.116. The van der Waals surface area contributed by atoms with E-state index in [2.05, 4.69) is 10.2 Å². The molecular weight excluding hydrogens is 328 g/mol. The Balaban J connectivity index is 1.49. The molecule has 24 heavy (non-hydrogen) atoms. The molecule has 1 fully saturated rings. The van der Waals surface area contributed by atoms with Crippen LogP contribution in [0.4, 0.5) is 0 Å². The molecule has 2 aliphatic heterocycles. The summed E-state index contributed by atoms with van der Waals surface area (Å²) in [5.74, 6) is 1.10. The van der Waals surface area contributed by atoms with Crippen LogP contribution in [0.5, 0.6) is 11.5 Å². The average molecular weight is 351 g/mol. The van der Waals surface area contributed by atoms with Crippen LogP contribution in [-0.2, 0) is 4.79 Å². The lowest BCUT2D eigenvalue weighted by atomic mass is 10.1. The molecule has 2 aliphatic rings. The fourth-order valence-electron chi connectivity index (χ4n) is 2.98. The highest BCUT2D eigenvalue weighted by atomic mass is 35.5. The molecule has 0 bridgehead atoms. The van der Waals surface area contributed by atoms with Gasteiger partial charge >= 0.3 is 0 Å². The molecule has 1 saturated heterocycles. The van der Waals surface area contributed by atoms with Gasteiger partial charge in [-0.3, -0.25) is 4.79 Å². The van der Waals surface area contributed by atoms with Crippen LogP contribution in [-0.4, -0.2) is 50.2 Å². The molecule has 2 heterocycles. The second-order valence-corrected chi connectivity index (χ2v) is 6.46. The van der Waals surface area contributed by atoms with E-state index in [-0.39, 0.29) is 5.91 Å². The van der Waals surface area contributed by atoms with Crippen molar-refractivity contribution in [1.29, 1.82) is 0 Å². The fraction of sp³-hybridized carbons (Fsp3) is 0.500. The second-order valence-electron chi connectivity index (χ2n) is 6.05. The van der Waals surface area contributed by atoms with Gasteiger partial charge in [-0.2, -0.15) is 0 Å². The number of benzene rings is 1. The van der Waals surface area contributed by atoms with Crippen molar-refractivity contribution in [2.24, 2.45) is 0 Å². The third kappa shape index (κ3) is 4.65. The maximum Gasteiger partial charge on any atom is 0.244 e. The van der Waals surface area contributed by atoms with Crippen molar-refractivity contribution >= 4 is 23.6 Å². The van der Waals surface area contributed by atoms with Crippen molar-refractivity contribution in [2.75, 3.05) is 39.4 Å². The van der Waals surface area contributed by atoms with Crippen LogP contribution in [0.1, 0.15) is 24.8 Å². The minimum atomic E-state index is -0.0991. The van der Waals surface area contributed by atoms with E-state index in [0.717, 1.165) is 25.2 Å². The highest BCUT2D eigenvalue weighted by Crippen LogP contribution is 2.38. The highest BCUT2D eigenvalue weighted by Gasteiger charge is 2.16. The summed E-state index contributed by atoms with van der Waals surface area (Å²) >= 11 is 6.19. The van der Waals surface area contributed by atoms with Crippen LogP contribution in [0, 0.1) is 0 Å². The number of nitrogens with one attached hydrogen (secondary N) is 1. The fourth-order valence-corrected chi connectivity index (χ4v) is 3.25. The van der Waals surface area contributed by atoms with Gasteiger partial charge in [-0.05, 0) is 49.7 Å². The van der Waals surface area contributed by atoms with Gasteiger partial charge in [0, 0.05) is 19.2 Å². The zero-order valence-electron chi connectivity index (χ0n) is 13.7. The Kier molecular flexibility index (Phi) is 5.99. The maximum atomic E-state index is 11.9. The lowest BCUT2D eigenvalue weighted by Crippen LogP contribution is -2.37. The molecule has 1 amide bonds. The SMILES string of the molecule is O=C(C=Cc1cc(Cl)c2c(c1)OCCO2)NCCN1CCCCC1. The van der Waals surface area contributed by atoms with E-state index in [1.54, 1.807) is 12.1 Å². The van der Waals surface area contributed by atoms with Crippen molar-refractivity contribution in [3.05, 3.63) is 28.8 Å². The Morgan fingerprint density at radius 3 is 2.83 bits per heavy atom. The van der Waals surface area contributed by atoms with Crippen LogP contribution in [0.3, 0.4) is 0 Å². The highest BCUT2D eigenvalue weighted by molar-refractivity contribution is 6.32. The number of likely N-dealkylation sites (tertiary alicyclic amines) is 1. The molecule has 1 aromatic carbocycles. The molecule has 5 nitrogen and oxygen atoms in total. The van der Waals surface area contributed by atoms with Crippen LogP contribution >= 0.6 is 11.6 Å². The Hall–Kier alpha value is -1.72. The predicted octanol–water partition coefficient (Wildman–Crippen LogP) is 2.73. The first-order valence-electron chi connectivity index (χ1n) is 8.50. The van der Waals surface area contributed by atoms with Gasteiger partial charge in [0.15, 0.2) is 11.5 Å². The van der Waals surface area contributed by atoms with Crippen LogP contribution in [0.25, 0.3) is 6.08 Å². The van der Waals surface area contributed by atoms with Crippen LogP contribution in [0.15, 0.2) is 18.2 Å². The Labute approximate surface area is 147 Å². The van der Waals surface area contributed by atoms with Crippen molar-refractivity contribution in [2.45, 2.75) is 19.3 Å². The first kappa shape index (κ1) is 17.1. The molecule has 1 N–H and O–H groups in total. The van der Waals surface area contributed by atoms with E-state index >= 15 is 0 Å². The molecule has 0 saturated carbocycles. The van der Waals surface area contributed by atoms with Crippen LogP contribution < -0.4 is 14.8 Å². The largest absolute Gasteiger partial charge is 0.486 e. The van der Waals surface area contributed by atoms with E-state index in [1.165, 1.54) is 25.3 Å². The standard InChI is InChI=1S/C18H23ClN2O3/c19-15-12-14(13-16-18(15)24-11-10-23-16)4-5-17(22)20-6-9-21-7-2-1-3-8-21/h4-5,12-13H,1-3,6-11H2,(H,20,22). The normalized spacial score (nSPS) is 17.9. The first-order chi connectivity index (χ1) is 11.7. The number of carbonyl (C=O) groups excluding carboxylic acids is 1. The van der Waals surface area contributed by atoms with E-state index in [0.29, 0.717) is 36.3 Å². The van der Waals surface area contributed by atoms with Gasteiger partial charge in [0.1, 0.15) is 13.2 Å². The molecule has 1 aromatic rings. The number of ether oxygens (including phenoxy) is 2. The zero-order chi connectivity index (χ0) is 16.8. The number of hydrogen-bond donors (Lipinski definition) is 1. The number of amides is 1. The quantitative estimate of drug-likeness (QED) is 0.830. The third-order valence-corrected chi connectivity index (χ3v) is 4.50. The molecule has 3 rings (SSSR count). The van der Waals surface area contributed by atoms with Gasteiger partial charge < -0.3 is 19.7 Å². The minimum absolute atomic E-state index is 0.0991. The van der Waals surface area contributed by atoms with Gasteiger partial charge in [-0.15, -0.1) is 0 Å². The molecule has 0 spiro atoms. The van der Waals surface area contributed by atoms with Crippen molar-refractivity contribution < 1.29 is 14.3 Å². The monoisotopic (exact) mass is 350 g/mol. The average Bonchev–Trinajstić information content (AvgIpc) is 2.61. The maximum absolute atomic E-state index is 11.9.